The Bertz CT molecular complexity index is 640. The smallest absolute Gasteiger partial charge is 0.280 e. The van der Waals surface area contributed by atoms with E-state index < -0.39 is 6.43 Å². The van der Waals surface area contributed by atoms with Gasteiger partial charge in [0.15, 0.2) is 0 Å². The lowest BCUT2D eigenvalue weighted by Crippen LogP contribution is -2.39. The average Bonchev–Trinajstić information content (AvgIpc) is 3.17. The molecule has 110 valence electrons. The zero-order chi connectivity index (χ0) is 14.4. The number of benzene rings is 1. The number of nitrogens with zero attached hydrogens (tertiary/aromatic N) is 2. The van der Waals surface area contributed by atoms with Crippen molar-refractivity contribution < 1.29 is 8.78 Å². The normalized spacial score (nSPS) is 19.0. The summed E-state index contributed by atoms with van der Waals surface area (Å²) in [6.07, 6.45) is -0.374. The van der Waals surface area contributed by atoms with Crippen LogP contribution >= 0.6 is 0 Å². The molecule has 2 aliphatic rings. The second-order valence-electron chi connectivity index (χ2n) is 5.93. The highest BCUT2D eigenvalue weighted by atomic mass is 19.3. The van der Waals surface area contributed by atoms with Crippen LogP contribution in [0.3, 0.4) is 0 Å². The lowest BCUT2D eigenvalue weighted by Gasteiger charge is -2.27. The van der Waals surface area contributed by atoms with Crippen molar-refractivity contribution in [2.75, 3.05) is 13.1 Å². The molecule has 4 rings (SSSR count). The van der Waals surface area contributed by atoms with Crippen LogP contribution in [0.2, 0.25) is 0 Å². The largest absolute Gasteiger partial charge is 0.315 e. The van der Waals surface area contributed by atoms with E-state index in [1.807, 2.05) is 24.3 Å². The summed E-state index contributed by atoms with van der Waals surface area (Å²) in [6, 6.07) is 9.39. The Labute approximate surface area is 122 Å². The van der Waals surface area contributed by atoms with Crippen molar-refractivity contribution in [1.82, 2.24) is 15.1 Å². The van der Waals surface area contributed by atoms with Crippen molar-refractivity contribution in [2.45, 2.75) is 31.1 Å². The first-order valence-corrected chi connectivity index (χ1v) is 7.41. The summed E-state index contributed by atoms with van der Waals surface area (Å²) in [5.41, 5.74) is 2.77. The summed E-state index contributed by atoms with van der Waals surface area (Å²) < 4.78 is 27.8. The van der Waals surface area contributed by atoms with Crippen LogP contribution in [-0.2, 0) is 0 Å². The molecule has 1 saturated heterocycles. The van der Waals surface area contributed by atoms with Crippen LogP contribution in [0.5, 0.6) is 0 Å². The lowest BCUT2D eigenvalue weighted by atomic mass is 9.94. The van der Waals surface area contributed by atoms with Gasteiger partial charge in [0.2, 0.25) is 0 Å². The quantitative estimate of drug-likeness (QED) is 0.935. The van der Waals surface area contributed by atoms with E-state index in [2.05, 4.69) is 10.4 Å². The van der Waals surface area contributed by atoms with Gasteiger partial charge < -0.3 is 5.32 Å². The minimum absolute atomic E-state index is 0.00467. The highest BCUT2D eigenvalue weighted by Crippen LogP contribution is 2.40. The predicted octanol–water partition coefficient (Wildman–Crippen LogP) is 3.37. The molecule has 2 fully saturated rings. The number of hydrogen-bond donors (Lipinski definition) is 1. The summed E-state index contributed by atoms with van der Waals surface area (Å²) in [6.45, 7) is 1.99. The summed E-state index contributed by atoms with van der Waals surface area (Å²) in [4.78, 5) is 0. The van der Waals surface area contributed by atoms with Crippen LogP contribution in [0.1, 0.15) is 48.1 Å². The Hall–Kier alpha value is -1.75. The number of aromatic nitrogens is 2. The molecule has 2 heterocycles. The SMILES string of the molecule is FC(F)c1cc(C2CC2)nn1-c1ccc(C2CNC2)cc1. The molecule has 0 spiro atoms. The average molecular weight is 289 g/mol. The highest BCUT2D eigenvalue weighted by molar-refractivity contribution is 5.39. The van der Waals surface area contributed by atoms with Crippen molar-refractivity contribution in [3.8, 4) is 5.69 Å². The van der Waals surface area contributed by atoms with Gasteiger partial charge in [-0.25, -0.2) is 13.5 Å². The molecule has 1 N–H and O–H groups in total. The van der Waals surface area contributed by atoms with Crippen LogP contribution < -0.4 is 5.32 Å². The second kappa shape index (κ2) is 4.91. The predicted molar refractivity (Wildman–Crippen MR) is 76.1 cm³/mol. The van der Waals surface area contributed by atoms with E-state index in [1.165, 1.54) is 10.2 Å². The third kappa shape index (κ3) is 2.35. The van der Waals surface area contributed by atoms with Gasteiger partial charge in [0, 0.05) is 24.9 Å². The highest BCUT2D eigenvalue weighted by Gasteiger charge is 2.29. The maximum Gasteiger partial charge on any atom is 0.280 e. The topological polar surface area (TPSA) is 29.9 Å². The van der Waals surface area contributed by atoms with Crippen LogP contribution in [-0.4, -0.2) is 22.9 Å². The van der Waals surface area contributed by atoms with Crippen molar-refractivity contribution in [1.29, 1.82) is 0 Å². The number of alkyl halides is 2. The second-order valence-corrected chi connectivity index (χ2v) is 5.93. The molecule has 1 aliphatic heterocycles. The van der Waals surface area contributed by atoms with E-state index >= 15 is 0 Å². The summed E-state index contributed by atoms with van der Waals surface area (Å²) in [5, 5.41) is 7.63. The monoisotopic (exact) mass is 289 g/mol. The molecule has 2 aromatic rings. The molecule has 0 radical (unpaired) electrons. The van der Waals surface area contributed by atoms with E-state index in [-0.39, 0.29) is 5.69 Å². The van der Waals surface area contributed by atoms with Crippen molar-refractivity contribution >= 4 is 0 Å². The van der Waals surface area contributed by atoms with Gasteiger partial charge in [0.05, 0.1) is 11.4 Å². The number of nitrogens with one attached hydrogen (secondary N) is 1. The summed E-state index contributed by atoms with van der Waals surface area (Å²) >= 11 is 0. The standard InChI is InChI=1S/C16H17F2N3/c17-16(18)15-7-14(11-1-2-11)20-21(15)13-5-3-10(4-6-13)12-8-19-9-12/h3-7,11-12,16,19H,1-2,8-9H2. The molecule has 5 heteroatoms. The lowest BCUT2D eigenvalue weighted by molar-refractivity contribution is 0.143. The Morgan fingerprint density at radius 1 is 1.10 bits per heavy atom. The minimum Gasteiger partial charge on any atom is -0.315 e. The molecular formula is C16H17F2N3. The number of halogens is 2. The first-order valence-electron chi connectivity index (χ1n) is 7.41. The molecule has 1 aromatic heterocycles. The molecular weight excluding hydrogens is 272 g/mol. The van der Waals surface area contributed by atoms with Gasteiger partial charge in [-0.2, -0.15) is 5.10 Å². The fourth-order valence-corrected chi connectivity index (χ4v) is 2.77. The first-order chi connectivity index (χ1) is 10.2. The summed E-state index contributed by atoms with van der Waals surface area (Å²) in [7, 11) is 0. The van der Waals surface area contributed by atoms with Gasteiger partial charge >= 0.3 is 0 Å². The Morgan fingerprint density at radius 2 is 1.81 bits per heavy atom. The molecule has 0 atom stereocenters. The van der Waals surface area contributed by atoms with Gasteiger partial charge in [-0.1, -0.05) is 12.1 Å². The molecule has 3 nitrogen and oxygen atoms in total. The van der Waals surface area contributed by atoms with Crippen LogP contribution in [0.15, 0.2) is 30.3 Å². The fourth-order valence-electron chi connectivity index (χ4n) is 2.77. The molecule has 1 saturated carbocycles. The van der Waals surface area contributed by atoms with Gasteiger partial charge in [0.25, 0.3) is 6.43 Å². The van der Waals surface area contributed by atoms with E-state index in [1.54, 1.807) is 6.07 Å². The van der Waals surface area contributed by atoms with Crippen molar-refractivity contribution in [3.63, 3.8) is 0 Å². The maximum atomic E-state index is 13.2. The zero-order valence-electron chi connectivity index (χ0n) is 11.6. The van der Waals surface area contributed by atoms with Gasteiger partial charge in [-0.15, -0.1) is 0 Å². The number of hydrogen-bond acceptors (Lipinski definition) is 2. The van der Waals surface area contributed by atoms with Crippen LogP contribution in [0, 0.1) is 0 Å². The Morgan fingerprint density at radius 3 is 2.33 bits per heavy atom. The Kier molecular flexibility index (Phi) is 3.03. The number of rotatable bonds is 4. The zero-order valence-corrected chi connectivity index (χ0v) is 11.6. The van der Waals surface area contributed by atoms with Gasteiger partial charge in [-0.05, 0) is 36.6 Å². The fraction of sp³-hybridized carbons (Fsp3) is 0.438. The molecule has 1 aromatic carbocycles. The molecule has 1 aliphatic carbocycles. The van der Waals surface area contributed by atoms with E-state index in [4.69, 9.17) is 0 Å². The third-order valence-electron chi connectivity index (χ3n) is 4.37. The molecule has 21 heavy (non-hydrogen) atoms. The van der Waals surface area contributed by atoms with Crippen molar-refractivity contribution in [3.05, 3.63) is 47.3 Å². The minimum atomic E-state index is -2.50. The molecule has 0 unspecified atom stereocenters. The van der Waals surface area contributed by atoms with Crippen molar-refractivity contribution in [2.24, 2.45) is 0 Å². The summed E-state index contributed by atoms with van der Waals surface area (Å²) in [5.74, 6) is 0.928. The van der Waals surface area contributed by atoms with Gasteiger partial charge in [-0.3, -0.25) is 0 Å². The molecule has 0 bridgehead atoms. The van der Waals surface area contributed by atoms with E-state index in [0.29, 0.717) is 17.5 Å². The van der Waals surface area contributed by atoms with Gasteiger partial charge in [0.1, 0.15) is 5.69 Å². The first kappa shape index (κ1) is 13.0. The maximum absolute atomic E-state index is 13.2. The van der Waals surface area contributed by atoms with Crippen LogP contribution in [0.4, 0.5) is 8.78 Å². The Balaban J connectivity index is 1.67. The van der Waals surface area contributed by atoms with Crippen LogP contribution in [0.25, 0.3) is 5.69 Å². The van der Waals surface area contributed by atoms with E-state index in [9.17, 15) is 8.78 Å². The molecule has 0 amide bonds. The third-order valence-corrected chi connectivity index (χ3v) is 4.37. The van der Waals surface area contributed by atoms with E-state index in [0.717, 1.165) is 31.6 Å².